The standard InChI is InChI=1S/C13H24N2O3S/c1-9(2)7-10(3)14(4)13(18)15-5-6-19-8-11(15)12(16)17/h9-11H,5-8H2,1-4H3,(H,16,17). The average molecular weight is 288 g/mol. The number of amides is 2. The molecule has 0 aromatic rings. The summed E-state index contributed by atoms with van der Waals surface area (Å²) < 4.78 is 0. The van der Waals surface area contributed by atoms with Gasteiger partial charge in [0.25, 0.3) is 0 Å². The van der Waals surface area contributed by atoms with Crippen molar-refractivity contribution in [1.29, 1.82) is 0 Å². The molecule has 1 heterocycles. The molecule has 0 saturated carbocycles. The third-order valence-corrected chi connectivity index (χ3v) is 4.46. The zero-order chi connectivity index (χ0) is 14.6. The number of urea groups is 1. The molecule has 1 rings (SSSR count). The van der Waals surface area contributed by atoms with Crippen LogP contribution in [0.15, 0.2) is 0 Å². The van der Waals surface area contributed by atoms with E-state index < -0.39 is 12.0 Å². The molecule has 1 aliphatic heterocycles. The molecular weight excluding hydrogens is 264 g/mol. The number of carbonyl (C=O) groups excluding carboxylic acids is 1. The first-order valence-corrected chi connectivity index (χ1v) is 7.84. The van der Waals surface area contributed by atoms with Crippen LogP contribution in [0.3, 0.4) is 0 Å². The highest BCUT2D eigenvalue weighted by Gasteiger charge is 2.34. The molecule has 0 aliphatic carbocycles. The Bertz CT molecular complexity index is 336. The van der Waals surface area contributed by atoms with E-state index in [1.165, 1.54) is 4.90 Å². The van der Waals surface area contributed by atoms with E-state index >= 15 is 0 Å². The minimum Gasteiger partial charge on any atom is -0.480 e. The van der Waals surface area contributed by atoms with Crippen LogP contribution >= 0.6 is 11.8 Å². The van der Waals surface area contributed by atoms with Gasteiger partial charge >= 0.3 is 12.0 Å². The van der Waals surface area contributed by atoms with Crippen LogP contribution in [-0.2, 0) is 4.79 Å². The fraction of sp³-hybridized carbons (Fsp3) is 0.846. The van der Waals surface area contributed by atoms with E-state index in [1.54, 1.807) is 23.7 Å². The Morgan fingerprint density at radius 3 is 2.58 bits per heavy atom. The summed E-state index contributed by atoms with van der Waals surface area (Å²) in [5, 5.41) is 9.20. The summed E-state index contributed by atoms with van der Waals surface area (Å²) in [5.41, 5.74) is 0. The van der Waals surface area contributed by atoms with Crippen LogP contribution < -0.4 is 0 Å². The number of rotatable bonds is 4. The predicted molar refractivity (Wildman–Crippen MR) is 77.5 cm³/mol. The van der Waals surface area contributed by atoms with Gasteiger partial charge in [-0.05, 0) is 19.3 Å². The highest BCUT2D eigenvalue weighted by atomic mass is 32.2. The lowest BCUT2D eigenvalue weighted by Gasteiger charge is -2.37. The Labute approximate surface area is 119 Å². The van der Waals surface area contributed by atoms with E-state index in [0.29, 0.717) is 18.2 Å². The minimum absolute atomic E-state index is 0.122. The lowest BCUT2D eigenvalue weighted by molar-refractivity contribution is -0.141. The number of carboxylic acids is 1. The van der Waals surface area contributed by atoms with Crippen LogP contribution in [0.2, 0.25) is 0 Å². The van der Waals surface area contributed by atoms with Crippen LogP contribution in [0.1, 0.15) is 27.2 Å². The van der Waals surface area contributed by atoms with Crippen molar-refractivity contribution in [3.8, 4) is 0 Å². The van der Waals surface area contributed by atoms with Crippen molar-refractivity contribution in [2.75, 3.05) is 25.1 Å². The summed E-state index contributed by atoms with van der Waals surface area (Å²) in [6.45, 7) is 6.75. The van der Waals surface area contributed by atoms with Crippen LogP contribution in [0, 0.1) is 5.92 Å². The quantitative estimate of drug-likeness (QED) is 0.859. The van der Waals surface area contributed by atoms with Gasteiger partial charge in [-0.1, -0.05) is 13.8 Å². The zero-order valence-electron chi connectivity index (χ0n) is 12.1. The number of hydrogen-bond acceptors (Lipinski definition) is 3. The second-order valence-electron chi connectivity index (χ2n) is 5.49. The molecule has 0 bridgehead atoms. The first-order valence-electron chi connectivity index (χ1n) is 6.68. The van der Waals surface area contributed by atoms with Gasteiger partial charge in [0, 0.05) is 31.1 Å². The third kappa shape index (κ3) is 4.30. The van der Waals surface area contributed by atoms with Crippen LogP contribution in [0.4, 0.5) is 4.79 Å². The molecule has 2 atom stereocenters. The van der Waals surface area contributed by atoms with E-state index in [-0.39, 0.29) is 12.1 Å². The highest BCUT2D eigenvalue weighted by Crippen LogP contribution is 2.20. The Hall–Kier alpha value is -0.910. The maximum Gasteiger partial charge on any atom is 0.327 e. The van der Waals surface area contributed by atoms with Crippen molar-refractivity contribution in [2.24, 2.45) is 5.92 Å². The summed E-state index contributed by atoms with van der Waals surface area (Å²) in [5.74, 6) is 0.887. The van der Waals surface area contributed by atoms with Gasteiger partial charge in [-0.15, -0.1) is 0 Å². The van der Waals surface area contributed by atoms with Crippen molar-refractivity contribution in [2.45, 2.75) is 39.3 Å². The normalized spacial score (nSPS) is 21.3. The van der Waals surface area contributed by atoms with E-state index in [2.05, 4.69) is 13.8 Å². The fourth-order valence-corrected chi connectivity index (χ4v) is 3.31. The number of thioether (sulfide) groups is 1. The van der Waals surface area contributed by atoms with Crippen molar-refractivity contribution in [3.63, 3.8) is 0 Å². The second-order valence-corrected chi connectivity index (χ2v) is 6.64. The Kier molecular flexibility index (Phi) is 5.97. The summed E-state index contributed by atoms with van der Waals surface area (Å²) in [6.07, 6.45) is 0.919. The van der Waals surface area contributed by atoms with Crippen molar-refractivity contribution < 1.29 is 14.7 Å². The summed E-state index contributed by atoms with van der Waals surface area (Å²) in [6, 6.07) is -0.739. The highest BCUT2D eigenvalue weighted by molar-refractivity contribution is 7.99. The van der Waals surface area contributed by atoms with Gasteiger partial charge in [-0.2, -0.15) is 11.8 Å². The van der Waals surface area contributed by atoms with E-state index in [0.717, 1.165) is 12.2 Å². The molecule has 5 nitrogen and oxygen atoms in total. The van der Waals surface area contributed by atoms with Crippen LogP contribution in [-0.4, -0.2) is 64.1 Å². The molecule has 0 radical (unpaired) electrons. The molecule has 2 amide bonds. The molecule has 1 aliphatic rings. The third-order valence-electron chi connectivity index (χ3n) is 3.43. The van der Waals surface area contributed by atoms with E-state index in [9.17, 15) is 14.7 Å². The van der Waals surface area contributed by atoms with Gasteiger partial charge in [-0.25, -0.2) is 9.59 Å². The Balaban J connectivity index is 2.70. The molecule has 0 aromatic heterocycles. The van der Waals surface area contributed by atoms with E-state index in [4.69, 9.17) is 0 Å². The molecule has 2 unspecified atom stereocenters. The largest absolute Gasteiger partial charge is 0.480 e. The lowest BCUT2D eigenvalue weighted by Crippen LogP contribution is -2.55. The average Bonchev–Trinajstić information content (AvgIpc) is 2.36. The molecule has 0 aromatic carbocycles. The molecule has 1 saturated heterocycles. The minimum atomic E-state index is -0.912. The van der Waals surface area contributed by atoms with E-state index in [1.807, 2.05) is 6.92 Å². The van der Waals surface area contributed by atoms with Gasteiger partial charge < -0.3 is 14.9 Å². The maximum absolute atomic E-state index is 12.4. The summed E-state index contributed by atoms with van der Waals surface area (Å²) in [7, 11) is 1.76. The number of nitrogens with zero attached hydrogens (tertiary/aromatic N) is 2. The summed E-state index contributed by atoms with van der Waals surface area (Å²) in [4.78, 5) is 26.8. The maximum atomic E-state index is 12.4. The van der Waals surface area contributed by atoms with Gasteiger partial charge in [-0.3, -0.25) is 0 Å². The van der Waals surface area contributed by atoms with Gasteiger partial charge in [0.05, 0.1) is 0 Å². The molecular formula is C13H24N2O3S. The predicted octanol–water partition coefficient (Wildman–Crippen LogP) is 1.97. The Morgan fingerprint density at radius 2 is 2.05 bits per heavy atom. The van der Waals surface area contributed by atoms with Gasteiger partial charge in [0.1, 0.15) is 6.04 Å². The zero-order valence-corrected chi connectivity index (χ0v) is 12.9. The fourth-order valence-electron chi connectivity index (χ4n) is 2.27. The van der Waals surface area contributed by atoms with Crippen molar-refractivity contribution in [3.05, 3.63) is 0 Å². The molecule has 6 heteroatoms. The van der Waals surface area contributed by atoms with Crippen LogP contribution in [0.25, 0.3) is 0 Å². The second kappa shape index (κ2) is 7.03. The van der Waals surface area contributed by atoms with Gasteiger partial charge in [0.2, 0.25) is 0 Å². The topological polar surface area (TPSA) is 60.9 Å². The molecule has 110 valence electrons. The first kappa shape index (κ1) is 16.1. The molecule has 1 N–H and O–H groups in total. The number of carbonyl (C=O) groups is 2. The monoisotopic (exact) mass is 288 g/mol. The SMILES string of the molecule is CC(C)CC(C)N(C)C(=O)N1CCSCC1C(=O)O. The molecule has 1 fully saturated rings. The van der Waals surface area contributed by atoms with Gasteiger partial charge in [0.15, 0.2) is 0 Å². The smallest absolute Gasteiger partial charge is 0.327 e. The molecule has 19 heavy (non-hydrogen) atoms. The van der Waals surface area contributed by atoms with Crippen LogP contribution in [0.5, 0.6) is 0 Å². The first-order chi connectivity index (χ1) is 8.84. The number of carboxylic acid groups (broad SMARTS) is 1. The number of hydrogen-bond donors (Lipinski definition) is 1. The summed E-state index contributed by atoms with van der Waals surface area (Å²) >= 11 is 1.59. The lowest BCUT2D eigenvalue weighted by atomic mass is 10.0. The molecule has 0 spiro atoms. The van der Waals surface area contributed by atoms with Crippen molar-refractivity contribution in [1.82, 2.24) is 9.80 Å². The van der Waals surface area contributed by atoms with Crippen molar-refractivity contribution >= 4 is 23.8 Å². The Morgan fingerprint density at radius 1 is 1.42 bits per heavy atom. The number of aliphatic carboxylic acids is 1.